The van der Waals surface area contributed by atoms with Gasteiger partial charge in [0.15, 0.2) is 0 Å². The highest BCUT2D eigenvalue weighted by molar-refractivity contribution is 5.83. The van der Waals surface area contributed by atoms with E-state index >= 15 is 0 Å². The molecule has 0 saturated carbocycles. The van der Waals surface area contributed by atoms with Crippen LogP contribution < -0.4 is 4.74 Å². The minimum atomic E-state index is -2.36. The molecule has 0 N–H and O–H groups in total. The standard InChI is InChI=1S/C22H15F5O4/c23-17-18(24)20(26)22(21(27)19(17)25)31-16(29)7-3-6-15(28)30-11-12-8-9-13-4-1-2-5-14(13)10-12/h1-2,4-5,8-10H,3,6-7,11H2. The summed E-state index contributed by atoms with van der Waals surface area (Å²) in [5.41, 5.74) is 0.762. The maximum Gasteiger partial charge on any atom is 0.311 e. The van der Waals surface area contributed by atoms with Gasteiger partial charge in [-0.05, 0) is 28.8 Å². The summed E-state index contributed by atoms with van der Waals surface area (Å²) in [5, 5.41) is 2.01. The Labute approximate surface area is 173 Å². The van der Waals surface area contributed by atoms with Crippen molar-refractivity contribution in [1.82, 2.24) is 0 Å². The highest BCUT2D eigenvalue weighted by Gasteiger charge is 2.28. The third kappa shape index (κ3) is 5.17. The number of ether oxygens (including phenoxy) is 2. The van der Waals surface area contributed by atoms with Crippen molar-refractivity contribution in [3.8, 4) is 5.75 Å². The summed E-state index contributed by atoms with van der Waals surface area (Å²) < 4.78 is 75.6. The monoisotopic (exact) mass is 438 g/mol. The first kappa shape index (κ1) is 22.2. The molecule has 162 valence electrons. The molecule has 0 fully saturated rings. The van der Waals surface area contributed by atoms with Gasteiger partial charge < -0.3 is 9.47 Å². The van der Waals surface area contributed by atoms with Gasteiger partial charge >= 0.3 is 11.9 Å². The van der Waals surface area contributed by atoms with Crippen molar-refractivity contribution in [3.63, 3.8) is 0 Å². The zero-order valence-corrected chi connectivity index (χ0v) is 15.9. The second-order valence-corrected chi connectivity index (χ2v) is 6.57. The summed E-state index contributed by atoms with van der Waals surface area (Å²) >= 11 is 0. The highest BCUT2D eigenvalue weighted by atomic mass is 19.2. The Morgan fingerprint density at radius 3 is 1.97 bits per heavy atom. The van der Waals surface area contributed by atoms with Crippen LogP contribution in [-0.4, -0.2) is 11.9 Å². The molecule has 0 aromatic heterocycles. The lowest BCUT2D eigenvalue weighted by atomic mass is 10.1. The fourth-order valence-electron chi connectivity index (χ4n) is 2.78. The van der Waals surface area contributed by atoms with E-state index in [1.807, 2.05) is 36.4 Å². The molecule has 3 aromatic rings. The van der Waals surface area contributed by atoms with Crippen molar-refractivity contribution in [2.24, 2.45) is 0 Å². The molecule has 0 heterocycles. The number of fused-ring (bicyclic) bond motifs is 1. The molecule has 3 rings (SSSR count). The topological polar surface area (TPSA) is 52.6 Å². The van der Waals surface area contributed by atoms with Crippen LogP contribution in [0.2, 0.25) is 0 Å². The van der Waals surface area contributed by atoms with Crippen LogP contribution in [0, 0.1) is 29.1 Å². The van der Waals surface area contributed by atoms with Crippen molar-refractivity contribution in [1.29, 1.82) is 0 Å². The molecule has 0 unspecified atom stereocenters. The van der Waals surface area contributed by atoms with Gasteiger partial charge in [-0.25, -0.2) is 13.2 Å². The number of esters is 2. The van der Waals surface area contributed by atoms with E-state index in [9.17, 15) is 31.5 Å². The fraction of sp³-hybridized carbons (Fsp3) is 0.182. The average molecular weight is 438 g/mol. The maximum absolute atomic E-state index is 13.5. The van der Waals surface area contributed by atoms with E-state index < -0.39 is 53.2 Å². The van der Waals surface area contributed by atoms with Gasteiger partial charge in [0.25, 0.3) is 0 Å². The Bertz CT molecular complexity index is 1120. The normalized spacial score (nSPS) is 10.9. The Hall–Kier alpha value is -3.49. The molecule has 0 atom stereocenters. The van der Waals surface area contributed by atoms with E-state index in [4.69, 9.17) is 4.74 Å². The molecule has 0 aliphatic carbocycles. The van der Waals surface area contributed by atoms with E-state index in [-0.39, 0.29) is 19.4 Å². The minimum Gasteiger partial charge on any atom is -0.461 e. The number of carbonyl (C=O) groups is 2. The van der Waals surface area contributed by atoms with Crippen LogP contribution >= 0.6 is 0 Å². The lowest BCUT2D eigenvalue weighted by molar-refractivity contribution is -0.145. The lowest BCUT2D eigenvalue weighted by Gasteiger charge is -2.09. The van der Waals surface area contributed by atoms with E-state index in [1.165, 1.54) is 0 Å². The Morgan fingerprint density at radius 2 is 1.29 bits per heavy atom. The molecule has 0 saturated heterocycles. The quantitative estimate of drug-likeness (QED) is 0.164. The van der Waals surface area contributed by atoms with Crippen molar-refractivity contribution >= 4 is 22.7 Å². The van der Waals surface area contributed by atoms with Crippen LogP contribution in [0.5, 0.6) is 5.75 Å². The summed E-state index contributed by atoms with van der Waals surface area (Å²) in [4.78, 5) is 23.5. The summed E-state index contributed by atoms with van der Waals surface area (Å²) in [6.07, 6.45) is -0.810. The third-order valence-electron chi connectivity index (χ3n) is 4.36. The van der Waals surface area contributed by atoms with Crippen molar-refractivity contribution in [3.05, 3.63) is 77.1 Å². The van der Waals surface area contributed by atoms with E-state index in [2.05, 4.69) is 4.74 Å². The molecule has 0 aliphatic rings. The Balaban J connectivity index is 1.47. The minimum absolute atomic E-state index is 0.0126. The van der Waals surface area contributed by atoms with Crippen LogP contribution in [0.1, 0.15) is 24.8 Å². The van der Waals surface area contributed by atoms with Gasteiger partial charge in [0.05, 0.1) is 0 Å². The largest absolute Gasteiger partial charge is 0.461 e. The van der Waals surface area contributed by atoms with E-state index in [1.54, 1.807) is 6.07 Å². The molecule has 0 spiro atoms. The predicted molar refractivity (Wildman–Crippen MR) is 99.5 cm³/mol. The maximum atomic E-state index is 13.5. The molecule has 4 nitrogen and oxygen atoms in total. The number of hydrogen-bond acceptors (Lipinski definition) is 4. The van der Waals surface area contributed by atoms with E-state index in [0.717, 1.165) is 16.3 Å². The van der Waals surface area contributed by atoms with Crippen molar-refractivity contribution in [2.45, 2.75) is 25.9 Å². The van der Waals surface area contributed by atoms with Gasteiger partial charge in [0.2, 0.25) is 34.8 Å². The molecule has 0 bridgehead atoms. The van der Waals surface area contributed by atoms with Gasteiger partial charge in [-0.1, -0.05) is 36.4 Å². The first-order valence-corrected chi connectivity index (χ1v) is 9.13. The fourth-order valence-corrected chi connectivity index (χ4v) is 2.78. The summed E-state index contributed by atoms with van der Waals surface area (Å²) in [7, 11) is 0. The molecular formula is C22H15F5O4. The van der Waals surface area contributed by atoms with Gasteiger partial charge in [0.1, 0.15) is 6.61 Å². The zero-order valence-electron chi connectivity index (χ0n) is 15.9. The Kier molecular flexibility index (Phi) is 6.84. The van der Waals surface area contributed by atoms with Crippen LogP contribution in [0.3, 0.4) is 0 Å². The molecular weight excluding hydrogens is 423 g/mol. The summed E-state index contributed by atoms with van der Waals surface area (Å²) in [6, 6.07) is 13.2. The number of hydrogen-bond donors (Lipinski definition) is 0. The van der Waals surface area contributed by atoms with Gasteiger partial charge in [0, 0.05) is 12.8 Å². The average Bonchev–Trinajstić information content (AvgIpc) is 2.77. The molecule has 3 aromatic carbocycles. The van der Waals surface area contributed by atoms with Crippen molar-refractivity contribution < 1.29 is 41.0 Å². The first-order valence-electron chi connectivity index (χ1n) is 9.13. The van der Waals surface area contributed by atoms with Crippen LogP contribution in [0.15, 0.2) is 42.5 Å². The van der Waals surface area contributed by atoms with Crippen LogP contribution in [0.25, 0.3) is 10.8 Å². The molecule has 0 aliphatic heterocycles. The number of rotatable bonds is 7. The zero-order chi connectivity index (χ0) is 22.5. The SMILES string of the molecule is O=C(CCCC(=O)Oc1c(F)c(F)c(F)c(F)c1F)OCc1ccc2ccccc2c1. The predicted octanol–water partition coefficient (Wildman–Crippen LogP) is 5.35. The van der Waals surface area contributed by atoms with Crippen LogP contribution in [0.4, 0.5) is 22.0 Å². The lowest BCUT2D eigenvalue weighted by Crippen LogP contribution is -2.14. The smallest absolute Gasteiger partial charge is 0.311 e. The summed E-state index contributed by atoms with van der Waals surface area (Å²) in [5.74, 6) is -14.9. The number of benzene rings is 3. The molecule has 9 heteroatoms. The number of carbonyl (C=O) groups excluding carboxylic acids is 2. The summed E-state index contributed by atoms with van der Waals surface area (Å²) in [6.45, 7) is 0.0126. The van der Waals surface area contributed by atoms with Gasteiger partial charge in [-0.15, -0.1) is 0 Å². The second kappa shape index (κ2) is 9.55. The van der Waals surface area contributed by atoms with Crippen molar-refractivity contribution in [2.75, 3.05) is 0 Å². The molecule has 0 amide bonds. The molecule has 31 heavy (non-hydrogen) atoms. The molecule has 0 radical (unpaired) electrons. The van der Waals surface area contributed by atoms with Gasteiger partial charge in [-0.2, -0.15) is 8.78 Å². The van der Waals surface area contributed by atoms with Gasteiger partial charge in [-0.3, -0.25) is 9.59 Å². The first-order chi connectivity index (χ1) is 14.8. The highest BCUT2D eigenvalue weighted by Crippen LogP contribution is 2.29. The number of halogens is 5. The van der Waals surface area contributed by atoms with Crippen LogP contribution in [-0.2, 0) is 20.9 Å². The second-order valence-electron chi connectivity index (χ2n) is 6.57. The van der Waals surface area contributed by atoms with E-state index in [0.29, 0.717) is 0 Å². The third-order valence-corrected chi connectivity index (χ3v) is 4.36. The Morgan fingerprint density at radius 1 is 0.710 bits per heavy atom.